The second kappa shape index (κ2) is 3.73. The SMILES string of the molecule is OC1Nc2ccccc2/C1=C/c1nccs1. The van der Waals surface area contributed by atoms with E-state index in [9.17, 15) is 5.11 Å². The third-order valence-electron chi connectivity index (χ3n) is 2.56. The summed E-state index contributed by atoms with van der Waals surface area (Å²) in [5.74, 6) is 0. The van der Waals surface area contributed by atoms with Gasteiger partial charge < -0.3 is 10.4 Å². The van der Waals surface area contributed by atoms with Crippen molar-refractivity contribution >= 4 is 28.7 Å². The lowest BCUT2D eigenvalue weighted by Gasteiger charge is -2.03. The van der Waals surface area contributed by atoms with Gasteiger partial charge in [0.2, 0.25) is 0 Å². The number of aliphatic hydroxyl groups excluding tert-OH is 1. The van der Waals surface area contributed by atoms with Crippen molar-refractivity contribution in [2.24, 2.45) is 0 Å². The van der Waals surface area contributed by atoms with Gasteiger partial charge in [-0.1, -0.05) is 18.2 Å². The summed E-state index contributed by atoms with van der Waals surface area (Å²) in [5.41, 5.74) is 2.90. The first-order chi connectivity index (χ1) is 7.84. The number of hydrogen-bond acceptors (Lipinski definition) is 4. The molecule has 0 saturated carbocycles. The second-order valence-corrected chi connectivity index (χ2v) is 4.49. The van der Waals surface area contributed by atoms with Crippen LogP contribution in [0.2, 0.25) is 0 Å². The Kier molecular flexibility index (Phi) is 2.23. The van der Waals surface area contributed by atoms with E-state index in [0.29, 0.717) is 0 Å². The van der Waals surface area contributed by atoms with Gasteiger partial charge in [0.1, 0.15) is 5.01 Å². The zero-order valence-electron chi connectivity index (χ0n) is 8.42. The number of thiazole rings is 1. The Labute approximate surface area is 97.1 Å². The lowest BCUT2D eigenvalue weighted by Crippen LogP contribution is -2.12. The summed E-state index contributed by atoms with van der Waals surface area (Å²) in [4.78, 5) is 4.19. The average Bonchev–Trinajstić information content (AvgIpc) is 2.89. The van der Waals surface area contributed by atoms with E-state index in [1.807, 2.05) is 35.7 Å². The molecule has 0 amide bonds. The van der Waals surface area contributed by atoms with Gasteiger partial charge in [-0.15, -0.1) is 11.3 Å². The van der Waals surface area contributed by atoms with E-state index in [1.165, 1.54) is 0 Å². The van der Waals surface area contributed by atoms with Crippen molar-refractivity contribution in [1.29, 1.82) is 0 Å². The van der Waals surface area contributed by atoms with Crippen molar-refractivity contribution in [3.63, 3.8) is 0 Å². The molecule has 2 N–H and O–H groups in total. The van der Waals surface area contributed by atoms with E-state index in [0.717, 1.165) is 21.8 Å². The predicted octanol–water partition coefficient (Wildman–Crippen LogP) is 2.43. The Bertz CT molecular complexity index is 534. The van der Waals surface area contributed by atoms with Gasteiger partial charge in [-0.25, -0.2) is 4.98 Å². The Balaban J connectivity index is 2.08. The summed E-state index contributed by atoms with van der Waals surface area (Å²) in [6.07, 6.45) is 3.05. The van der Waals surface area contributed by atoms with Crippen molar-refractivity contribution < 1.29 is 5.11 Å². The fourth-order valence-corrected chi connectivity index (χ4v) is 2.41. The quantitative estimate of drug-likeness (QED) is 0.791. The Morgan fingerprint density at radius 2 is 2.25 bits per heavy atom. The summed E-state index contributed by atoms with van der Waals surface area (Å²) in [5, 5.41) is 15.8. The van der Waals surface area contributed by atoms with Crippen molar-refractivity contribution in [3.05, 3.63) is 46.4 Å². The monoisotopic (exact) mass is 230 g/mol. The van der Waals surface area contributed by atoms with Gasteiger partial charge in [0, 0.05) is 28.4 Å². The zero-order chi connectivity index (χ0) is 11.0. The van der Waals surface area contributed by atoms with Gasteiger partial charge in [0.05, 0.1) is 0 Å². The average molecular weight is 230 g/mol. The number of benzene rings is 1. The minimum Gasteiger partial charge on any atom is -0.369 e. The van der Waals surface area contributed by atoms with Crippen LogP contribution in [0.15, 0.2) is 35.8 Å². The summed E-state index contributed by atoms with van der Waals surface area (Å²) < 4.78 is 0. The Hall–Kier alpha value is -1.65. The van der Waals surface area contributed by atoms with E-state index >= 15 is 0 Å². The molecule has 2 heterocycles. The molecule has 4 heteroatoms. The molecule has 1 aliphatic rings. The van der Waals surface area contributed by atoms with Crippen LogP contribution in [0.1, 0.15) is 10.6 Å². The number of nitrogens with zero attached hydrogens (tertiary/aromatic N) is 1. The van der Waals surface area contributed by atoms with E-state index < -0.39 is 6.23 Å². The predicted molar refractivity (Wildman–Crippen MR) is 66.1 cm³/mol. The fraction of sp³-hybridized carbons (Fsp3) is 0.0833. The molecule has 1 atom stereocenters. The van der Waals surface area contributed by atoms with Gasteiger partial charge in [0.25, 0.3) is 0 Å². The Morgan fingerprint density at radius 3 is 3.06 bits per heavy atom. The highest BCUT2D eigenvalue weighted by molar-refractivity contribution is 7.10. The van der Waals surface area contributed by atoms with Crippen molar-refractivity contribution in [3.8, 4) is 0 Å². The van der Waals surface area contributed by atoms with E-state index in [-0.39, 0.29) is 0 Å². The third kappa shape index (κ3) is 1.52. The summed E-state index contributed by atoms with van der Waals surface area (Å²) in [6.45, 7) is 0. The molecule has 80 valence electrons. The molecule has 16 heavy (non-hydrogen) atoms. The number of fused-ring (bicyclic) bond motifs is 1. The van der Waals surface area contributed by atoms with Crippen LogP contribution in [0.25, 0.3) is 11.6 Å². The number of rotatable bonds is 1. The molecule has 1 aromatic heterocycles. The maximum atomic E-state index is 9.91. The van der Waals surface area contributed by atoms with Gasteiger partial charge in [-0.3, -0.25) is 0 Å². The maximum Gasteiger partial charge on any atom is 0.151 e. The first-order valence-electron chi connectivity index (χ1n) is 5.00. The van der Waals surface area contributed by atoms with Crippen LogP contribution in [-0.4, -0.2) is 16.3 Å². The molecule has 0 fully saturated rings. The van der Waals surface area contributed by atoms with Crippen molar-refractivity contribution in [2.75, 3.05) is 5.32 Å². The number of aromatic nitrogens is 1. The Morgan fingerprint density at radius 1 is 1.38 bits per heavy atom. The summed E-state index contributed by atoms with van der Waals surface area (Å²) in [7, 11) is 0. The molecule has 3 rings (SSSR count). The molecule has 1 aromatic carbocycles. The van der Waals surface area contributed by atoms with Crippen LogP contribution in [0.5, 0.6) is 0 Å². The zero-order valence-corrected chi connectivity index (χ0v) is 9.24. The minimum atomic E-state index is -0.638. The number of para-hydroxylation sites is 1. The van der Waals surface area contributed by atoms with Gasteiger partial charge in [0.15, 0.2) is 6.23 Å². The van der Waals surface area contributed by atoms with Gasteiger partial charge in [-0.2, -0.15) is 0 Å². The summed E-state index contributed by atoms with van der Waals surface area (Å²) in [6, 6.07) is 7.87. The third-order valence-corrected chi connectivity index (χ3v) is 3.28. The van der Waals surface area contributed by atoms with Crippen LogP contribution in [-0.2, 0) is 0 Å². The van der Waals surface area contributed by atoms with Gasteiger partial charge >= 0.3 is 0 Å². The number of aliphatic hydroxyl groups is 1. The molecular weight excluding hydrogens is 220 g/mol. The number of hydrogen-bond donors (Lipinski definition) is 2. The maximum absolute atomic E-state index is 9.91. The lowest BCUT2D eigenvalue weighted by atomic mass is 10.1. The normalized spacial score (nSPS) is 20.8. The van der Waals surface area contributed by atoms with Crippen LogP contribution in [0.3, 0.4) is 0 Å². The molecule has 1 unspecified atom stereocenters. The summed E-state index contributed by atoms with van der Waals surface area (Å²) >= 11 is 1.56. The molecule has 0 saturated heterocycles. The topological polar surface area (TPSA) is 45.1 Å². The number of anilines is 1. The van der Waals surface area contributed by atoms with Crippen molar-refractivity contribution in [1.82, 2.24) is 4.98 Å². The highest BCUT2D eigenvalue weighted by atomic mass is 32.1. The second-order valence-electron chi connectivity index (χ2n) is 3.56. The largest absolute Gasteiger partial charge is 0.369 e. The highest BCUT2D eigenvalue weighted by Crippen LogP contribution is 2.35. The molecule has 0 radical (unpaired) electrons. The molecule has 0 bridgehead atoms. The van der Waals surface area contributed by atoms with E-state index in [1.54, 1.807) is 17.5 Å². The van der Waals surface area contributed by atoms with Gasteiger partial charge in [-0.05, 0) is 12.1 Å². The molecule has 3 nitrogen and oxygen atoms in total. The number of nitrogens with one attached hydrogen (secondary N) is 1. The minimum absolute atomic E-state index is 0.638. The highest BCUT2D eigenvalue weighted by Gasteiger charge is 2.23. The van der Waals surface area contributed by atoms with Crippen LogP contribution >= 0.6 is 11.3 Å². The first-order valence-corrected chi connectivity index (χ1v) is 5.87. The standard InChI is InChI=1S/C12H10N2OS/c15-12-9(7-11-13-5-6-16-11)8-3-1-2-4-10(8)14-12/h1-7,12,14-15H/b9-7-. The molecule has 1 aliphatic heterocycles. The van der Waals surface area contributed by atoms with Crippen LogP contribution in [0, 0.1) is 0 Å². The fourth-order valence-electron chi connectivity index (χ4n) is 1.83. The van der Waals surface area contributed by atoms with Crippen LogP contribution < -0.4 is 5.32 Å². The first kappa shape index (κ1) is 9.57. The van der Waals surface area contributed by atoms with Crippen molar-refractivity contribution in [2.45, 2.75) is 6.23 Å². The molecule has 2 aromatic rings. The molecule has 0 aliphatic carbocycles. The molecule has 0 spiro atoms. The van der Waals surface area contributed by atoms with Crippen LogP contribution in [0.4, 0.5) is 5.69 Å². The smallest absolute Gasteiger partial charge is 0.151 e. The lowest BCUT2D eigenvalue weighted by molar-refractivity contribution is 0.266. The van der Waals surface area contributed by atoms with E-state index in [2.05, 4.69) is 10.3 Å². The molecular formula is C12H10N2OS. The van der Waals surface area contributed by atoms with E-state index in [4.69, 9.17) is 0 Å².